The predicted molar refractivity (Wildman–Crippen MR) is 64.9 cm³/mol. The number of nitrogens with one attached hydrogen (secondary N) is 1. The monoisotopic (exact) mass is 284 g/mol. The van der Waals surface area contributed by atoms with Crippen molar-refractivity contribution >= 4 is 11.6 Å². The van der Waals surface area contributed by atoms with Gasteiger partial charge in [-0.2, -0.15) is 0 Å². The number of anilines is 1. The van der Waals surface area contributed by atoms with Gasteiger partial charge in [-0.15, -0.1) is 0 Å². The summed E-state index contributed by atoms with van der Waals surface area (Å²) in [5.41, 5.74) is -0.0782. The van der Waals surface area contributed by atoms with Crippen LogP contribution in [-0.4, -0.2) is 10.9 Å². The van der Waals surface area contributed by atoms with Crippen molar-refractivity contribution in [3.8, 4) is 0 Å². The third-order valence-electron chi connectivity index (χ3n) is 2.63. The molecule has 0 aliphatic carbocycles. The van der Waals surface area contributed by atoms with E-state index in [0.717, 1.165) is 18.5 Å². The van der Waals surface area contributed by atoms with Gasteiger partial charge in [0.15, 0.2) is 23.8 Å². The molecule has 106 valence electrons. The summed E-state index contributed by atoms with van der Waals surface area (Å²) in [6, 6.07) is 1.65. The van der Waals surface area contributed by atoms with Crippen LogP contribution in [0.2, 0.25) is 0 Å². The Balaban J connectivity index is 2.29. The summed E-state index contributed by atoms with van der Waals surface area (Å²) in [6.07, 6.45) is 1.09. The number of amides is 1. The Morgan fingerprint density at radius 3 is 2.60 bits per heavy atom. The highest BCUT2D eigenvalue weighted by Crippen LogP contribution is 2.22. The van der Waals surface area contributed by atoms with Gasteiger partial charge in [-0.25, -0.2) is 18.2 Å². The number of hydrogen-bond donors (Lipinski definition) is 1. The van der Waals surface area contributed by atoms with Crippen molar-refractivity contribution in [1.29, 1.82) is 0 Å². The number of nitrogens with zero attached hydrogens (tertiary/aromatic N) is 1. The van der Waals surface area contributed by atoms with Gasteiger partial charge >= 0.3 is 0 Å². The van der Waals surface area contributed by atoms with Crippen LogP contribution >= 0.6 is 0 Å². The Kier molecular flexibility index (Phi) is 3.78. The van der Waals surface area contributed by atoms with Crippen LogP contribution in [0.1, 0.15) is 36.0 Å². The van der Waals surface area contributed by atoms with Crippen LogP contribution in [0.25, 0.3) is 0 Å². The van der Waals surface area contributed by atoms with Crippen LogP contribution in [0.4, 0.5) is 18.9 Å². The zero-order valence-corrected chi connectivity index (χ0v) is 10.7. The smallest absolute Gasteiger partial charge is 0.293 e. The number of rotatable bonds is 3. The van der Waals surface area contributed by atoms with E-state index in [0.29, 0.717) is 5.69 Å². The molecule has 1 heterocycles. The summed E-state index contributed by atoms with van der Waals surface area (Å²) in [5, 5.41) is 2.12. The molecule has 7 heteroatoms. The van der Waals surface area contributed by atoms with E-state index in [1.165, 1.54) is 0 Å². The minimum atomic E-state index is -1.65. The lowest BCUT2D eigenvalue weighted by Crippen LogP contribution is -2.15. The first-order valence-corrected chi connectivity index (χ1v) is 5.80. The molecule has 4 nitrogen and oxygen atoms in total. The maximum absolute atomic E-state index is 13.4. The largest absolute Gasteiger partial charge is 0.438 e. The molecule has 1 aromatic heterocycles. The van der Waals surface area contributed by atoms with E-state index in [-0.39, 0.29) is 11.7 Å². The molecule has 0 spiro atoms. The summed E-state index contributed by atoms with van der Waals surface area (Å²) in [5.74, 6) is -5.40. The predicted octanol–water partition coefficient (Wildman–Crippen LogP) is 3.47. The lowest BCUT2D eigenvalue weighted by atomic mass is 10.1. The second kappa shape index (κ2) is 5.36. The Labute approximate surface area is 112 Å². The fraction of sp³-hybridized carbons (Fsp3) is 0.231. The molecule has 1 N–H and O–H groups in total. The normalized spacial score (nSPS) is 10.9. The summed E-state index contributed by atoms with van der Waals surface area (Å²) in [4.78, 5) is 15.8. The quantitative estimate of drug-likeness (QED) is 0.878. The van der Waals surface area contributed by atoms with Gasteiger partial charge in [0.1, 0.15) is 0 Å². The third-order valence-corrected chi connectivity index (χ3v) is 2.63. The van der Waals surface area contributed by atoms with Crippen molar-refractivity contribution in [3.05, 3.63) is 47.4 Å². The second-order valence-corrected chi connectivity index (χ2v) is 4.40. The number of hydrogen-bond acceptors (Lipinski definition) is 3. The SMILES string of the molecule is CC(C)c1ncoc1C(=O)Nc1ccc(F)c(F)c1F. The van der Waals surface area contributed by atoms with E-state index in [2.05, 4.69) is 10.3 Å². The summed E-state index contributed by atoms with van der Waals surface area (Å²) in [6.45, 7) is 3.60. The fourth-order valence-corrected chi connectivity index (χ4v) is 1.64. The van der Waals surface area contributed by atoms with E-state index >= 15 is 0 Å². The number of oxazole rings is 1. The first kappa shape index (κ1) is 14.1. The second-order valence-electron chi connectivity index (χ2n) is 4.40. The standard InChI is InChI=1S/C13H11F3N2O2/c1-6(2)11-12(20-5-17-11)13(19)18-8-4-3-7(14)9(15)10(8)16/h3-6H,1-2H3,(H,18,19). The van der Waals surface area contributed by atoms with Crippen molar-refractivity contribution in [1.82, 2.24) is 4.98 Å². The lowest BCUT2D eigenvalue weighted by Gasteiger charge is -2.07. The molecule has 2 rings (SSSR count). The topological polar surface area (TPSA) is 55.1 Å². The van der Waals surface area contributed by atoms with Gasteiger partial charge in [0.2, 0.25) is 5.76 Å². The highest BCUT2D eigenvalue weighted by Gasteiger charge is 2.22. The molecule has 0 unspecified atom stereocenters. The van der Waals surface area contributed by atoms with Gasteiger partial charge in [0.05, 0.1) is 11.4 Å². The minimum absolute atomic E-state index is 0.0794. The van der Waals surface area contributed by atoms with Gasteiger partial charge in [0, 0.05) is 0 Å². The molecule has 1 aromatic carbocycles. The number of carbonyl (C=O) groups excluding carboxylic acids is 1. The molecule has 20 heavy (non-hydrogen) atoms. The van der Waals surface area contributed by atoms with Crippen LogP contribution in [0.15, 0.2) is 22.9 Å². The number of benzene rings is 1. The number of halogens is 3. The highest BCUT2D eigenvalue weighted by molar-refractivity contribution is 6.03. The van der Waals surface area contributed by atoms with Crippen molar-refractivity contribution < 1.29 is 22.4 Å². The molecule has 0 fully saturated rings. The molecule has 0 bridgehead atoms. The molecule has 1 amide bonds. The third kappa shape index (κ3) is 2.52. The van der Waals surface area contributed by atoms with Crippen LogP contribution in [0.3, 0.4) is 0 Å². The summed E-state index contributed by atoms with van der Waals surface area (Å²) >= 11 is 0. The molecule has 0 saturated heterocycles. The fourth-order valence-electron chi connectivity index (χ4n) is 1.64. The molecule has 0 aliphatic heterocycles. The number of aromatic nitrogens is 1. The van der Waals surface area contributed by atoms with Crippen LogP contribution in [0, 0.1) is 17.5 Å². The van der Waals surface area contributed by atoms with Crippen LogP contribution < -0.4 is 5.32 Å². The maximum atomic E-state index is 13.4. The van der Waals surface area contributed by atoms with Gasteiger partial charge in [-0.1, -0.05) is 13.8 Å². The van der Waals surface area contributed by atoms with Gasteiger partial charge in [-0.3, -0.25) is 4.79 Å². The van der Waals surface area contributed by atoms with Gasteiger partial charge < -0.3 is 9.73 Å². The lowest BCUT2D eigenvalue weighted by molar-refractivity contribution is 0.0994. The number of carbonyl (C=O) groups is 1. The van der Waals surface area contributed by atoms with E-state index < -0.39 is 29.0 Å². The summed E-state index contributed by atoms with van der Waals surface area (Å²) in [7, 11) is 0. The minimum Gasteiger partial charge on any atom is -0.438 e. The molecule has 0 aliphatic rings. The average molecular weight is 284 g/mol. The first-order chi connectivity index (χ1) is 9.41. The first-order valence-electron chi connectivity index (χ1n) is 5.80. The molecule has 2 aromatic rings. The van der Waals surface area contributed by atoms with E-state index in [1.54, 1.807) is 13.8 Å². The van der Waals surface area contributed by atoms with Crippen molar-refractivity contribution in [2.45, 2.75) is 19.8 Å². The van der Waals surface area contributed by atoms with E-state index in [1.807, 2.05) is 0 Å². The Hall–Kier alpha value is -2.31. The molecule has 0 saturated carbocycles. The molecular formula is C13H11F3N2O2. The molecule has 0 radical (unpaired) electrons. The molecule has 0 atom stereocenters. The Morgan fingerprint density at radius 2 is 1.95 bits per heavy atom. The van der Waals surface area contributed by atoms with E-state index in [9.17, 15) is 18.0 Å². The van der Waals surface area contributed by atoms with Gasteiger partial charge in [0.25, 0.3) is 5.91 Å². The maximum Gasteiger partial charge on any atom is 0.293 e. The van der Waals surface area contributed by atoms with Gasteiger partial charge in [-0.05, 0) is 18.1 Å². The van der Waals surface area contributed by atoms with E-state index in [4.69, 9.17) is 4.42 Å². The summed E-state index contributed by atoms with van der Waals surface area (Å²) < 4.78 is 44.2. The van der Waals surface area contributed by atoms with Crippen molar-refractivity contribution in [2.24, 2.45) is 0 Å². The molecular weight excluding hydrogens is 273 g/mol. The van der Waals surface area contributed by atoms with Crippen LogP contribution in [0.5, 0.6) is 0 Å². The zero-order valence-electron chi connectivity index (χ0n) is 10.7. The van der Waals surface area contributed by atoms with Crippen LogP contribution in [-0.2, 0) is 0 Å². The highest BCUT2D eigenvalue weighted by atomic mass is 19.2. The average Bonchev–Trinajstić information content (AvgIpc) is 2.89. The van der Waals surface area contributed by atoms with Crippen molar-refractivity contribution in [2.75, 3.05) is 5.32 Å². The Morgan fingerprint density at radius 1 is 1.25 bits per heavy atom. The Bertz CT molecular complexity index is 653. The zero-order chi connectivity index (χ0) is 14.9. The van der Waals surface area contributed by atoms with Crippen molar-refractivity contribution in [3.63, 3.8) is 0 Å².